The van der Waals surface area contributed by atoms with Gasteiger partial charge in [-0.2, -0.15) is 5.10 Å². The summed E-state index contributed by atoms with van der Waals surface area (Å²) in [6, 6.07) is 6.72. The van der Waals surface area contributed by atoms with Crippen LogP contribution in [0.4, 0.5) is 0 Å². The van der Waals surface area contributed by atoms with Crippen LogP contribution in [0.2, 0.25) is 0 Å². The molecule has 3 nitrogen and oxygen atoms in total. The Hall–Kier alpha value is -0.870. The van der Waals surface area contributed by atoms with Crippen LogP contribution in [0.1, 0.15) is 12.5 Å². The van der Waals surface area contributed by atoms with E-state index in [2.05, 4.69) is 43.2 Å². The van der Waals surface area contributed by atoms with Crippen LogP contribution in [0.25, 0.3) is 10.9 Å². The van der Waals surface area contributed by atoms with E-state index in [4.69, 9.17) is 0 Å². The summed E-state index contributed by atoms with van der Waals surface area (Å²) in [7, 11) is 0. The SMILES string of the molecule is Brc1cccc2cnn(C3CCNC3)c12. The van der Waals surface area contributed by atoms with Crippen molar-refractivity contribution in [3.05, 3.63) is 28.9 Å². The first-order valence-corrected chi connectivity index (χ1v) is 5.98. The molecule has 1 unspecified atom stereocenters. The molecule has 15 heavy (non-hydrogen) atoms. The number of nitrogens with one attached hydrogen (secondary N) is 1. The zero-order valence-corrected chi connectivity index (χ0v) is 9.87. The van der Waals surface area contributed by atoms with Crippen molar-refractivity contribution < 1.29 is 0 Å². The second-order valence-electron chi connectivity index (χ2n) is 3.91. The Morgan fingerprint density at radius 2 is 2.40 bits per heavy atom. The van der Waals surface area contributed by atoms with Crippen molar-refractivity contribution in [3.8, 4) is 0 Å². The number of fused-ring (bicyclic) bond motifs is 1. The van der Waals surface area contributed by atoms with E-state index in [1.165, 1.54) is 10.9 Å². The van der Waals surface area contributed by atoms with E-state index in [9.17, 15) is 0 Å². The average molecular weight is 266 g/mol. The average Bonchev–Trinajstić information content (AvgIpc) is 2.85. The fourth-order valence-electron chi connectivity index (χ4n) is 2.19. The van der Waals surface area contributed by atoms with Gasteiger partial charge in [0.05, 0.1) is 17.8 Å². The van der Waals surface area contributed by atoms with Crippen LogP contribution >= 0.6 is 15.9 Å². The number of benzene rings is 1. The predicted octanol–water partition coefficient (Wildman–Crippen LogP) is 2.33. The first-order chi connectivity index (χ1) is 7.36. The number of nitrogens with zero attached hydrogens (tertiary/aromatic N) is 2. The lowest BCUT2D eigenvalue weighted by Crippen LogP contribution is -2.14. The van der Waals surface area contributed by atoms with Gasteiger partial charge in [0.2, 0.25) is 0 Å². The molecule has 0 spiro atoms. The van der Waals surface area contributed by atoms with Crippen LogP contribution < -0.4 is 5.32 Å². The summed E-state index contributed by atoms with van der Waals surface area (Å²) in [4.78, 5) is 0. The van der Waals surface area contributed by atoms with E-state index in [1.807, 2.05) is 12.3 Å². The van der Waals surface area contributed by atoms with Crippen molar-refractivity contribution in [2.24, 2.45) is 0 Å². The maximum Gasteiger partial charge on any atom is 0.0828 e. The Bertz CT molecular complexity index is 486. The highest BCUT2D eigenvalue weighted by Gasteiger charge is 2.19. The van der Waals surface area contributed by atoms with E-state index < -0.39 is 0 Å². The first-order valence-electron chi connectivity index (χ1n) is 5.19. The number of para-hydroxylation sites is 1. The summed E-state index contributed by atoms with van der Waals surface area (Å²) in [6.45, 7) is 2.12. The molecule has 4 heteroatoms. The van der Waals surface area contributed by atoms with Gasteiger partial charge in [-0.15, -0.1) is 0 Å². The molecule has 0 radical (unpaired) electrons. The summed E-state index contributed by atoms with van der Waals surface area (Å²) in [6.07, 6.45) is 3.11. The Labute approximate surface area is 96.6 Å². The molecule has 1 aromatic heterocycles. The molecule has 3 rings (SSSR count). The Morgan fingerprint density at radius 1 is 1.47 bits per heavy atom. The zero-order valence-electron chi connectivity index (χ0n) is 8.28. The van der Waals surface area contributed by atoms with Gasteiger partial charge in [-0.05, 0) is 35.0 Å². The van der Waals surface area contributed by atoms with E-state index in [-0.39, 0.29) is 0 Å². The third-order valence-corrected chi connectivity index (χ3v) is 3.59. The van der Waals surface area contributed by atoms with Crippen LogP contribution in [0.3, 0.4) is 0 Å². The summed E-state index contributed by atoms with van der Waals surface area (Å²) in [5, 5.41) is 9.06. The van der Waals surface area contributed by atoms with Gasteiger partial charge in [0.15, 0.2) is 0 Å². The first kappa shape index (κ1) is 9.36. The van der Waals surface area contributed by atoms with E-state index in [0.29, 0.717) is 6.04 Å². The van der Waals surface area contributed by atoms with Gasteiger partial charge in [0, 0.05) is 16.4 Å². The van der Waals surface area contributed by atoms with Crippen molar-refractivity contribution >= 4 is 26.8 Å². The molecule has 1 aliphatic heterocycles. The summed E-state index contributed by atoms with van der Waals surface area (Å²) >= 11 is 3.59. The third-order valence-electron chi connectivity index (χ3n) is 2.95. The minimum atomic E-state index is 0.501. The molecule has 1 fully saturated rings. The van der Waals surface area contributed by atoms with Gasteiger partial charge in [-0.25, -0.2) is 0 Å². The number of halogens is 1. The van der Waals surface area contributed by atoms with Crippen LogP contribution in [0.15, 0.2) is 28.9 Å². The van der Waals surface area contributed by atoms with Gasteiger partial charge in [-0.1, -0.05) is 12.1 Å². The number of hydrogen-bond acceptors (Lipinski definition) is 2. The number of rotatable bonds is 1. The molecule has 2 aromatic rings. The van der Waals surface area contributed by atoms with Crippen molar-refractivity contribution in [2.75, 3.05) is 13.1 Å². The van der Waals surface area contributed by atoms with Crippen LogP contribution in [-0.4, -0.2) is 22.9 Å². The Morgan fingerprint density at radius 3 is 3.20 bits per heavy atom. The third kappa shape index (κ3) is 1.48. The van der Waals surface area contributed by atoms with Crippen molar-refractivity contribution in [3.63, 3.8) is 0 Å². The van der Waals surface area contributed by atoms with Gasteiger partial charge in [0.25, 0.3) is 0 Å². The predicted molar refractivity (Wildman–Crippen MR) is 64.0 cm³/mol. The molecule has 1 aromatic carbocycles. The molecule has 2 heterocycles. The summed E-state index contributed by atoms with van der Waals surface area (Å²) < 4.78 is 3.27. The molecule has 1 N–H and O–H groups in total. The highest BCUT2D eigenvalue weighted by atomic mass is 79.9. The lowest BCUT2D eigenvalue weighted by Gasteiger charge is -2.11. The van der Waals surface area contributed by atoms with Gasteiger partial charge < -0.3 is 5.32 Å². The van der Waals surface area contributed by atoms with E-state index in [1.54, 1.807) is 0 Å². The fourth-order valence-corrected chi connectivity index (χ4v) is 2.75. The highest BCUT2D eigenvalue weighted by molar-refractivity contribution is 9.10. The van der Waals surface area contributed by atoms with E-state index >= 15 is 0 Å². The quantitative estimate of drug-likeness (QED) is 0.858. The molecule has 1 aliphatic rings. The standard InChI is InChI=1S/C11H12BrN3/c12-10-3-1-2-8-6-14-15(11(8)10)9-4-5-13-7-9/h1-3,6,9,13H,4-5,7H2. The Kier molecular flexibility index (Phi) is 2.25. The summed E-state index contributed by atoms with van der Waals surface area (Å²) in [5.74, 6) is 0. The lowest BCUT2D eigenvalue weighted by molar-refractivity contribution is 0.506. The van der Waals surface area contributed by atoms with Gasteiger partial charge in [-0.3, -0.25) is 4.68 Å². The Balaban J connectivity index is 2.18. The second kappa shape index (κ2) is 3.61. The number of hydrogen-bond donors (Lipinski definition) is 1. The molecule has 0 saturated carbocycles. The van der Waals surface area contributed by atoms with Crippen LogP contribution in [-0.2, 0) is 0 Å². The second-order valence-corrected chi connectivity index (χ2v) is 4.77. The van der Waals surface area contributed by atoms with Crippen molar-refractivity contribution in [2.45, 2.75) is 12.5 Å². The minimum absolute atomic E-state index is 0.501. The van der Waals surface area contributed by atoms with Gasteiger partial charge in [0.1, 0.15) is 0 Å². The number of aromatic nitrogens is 2. The molecular formula is C11H12BrN3. The van der Waals surface area contributed by atoms with E-state index in [0.717, 1.165) is 24.0 Å². The lowest BCUT2D eigenvalue weighted by atomic mass is 10.2. The molecule has 0 bridgehead atoms. The normalized spacial score (nSPS) is 21.3. The topological polar surface area (TPSA) is 29.9 Å². The van der Waals surface area contributed by atoms with Crippen LogP contribution in [0.5, 0.6) is 0 Å². The fraction of sp³-hybridized carbons (Fsp3) is 0.364. The smallest absolute Gasteiger partial charge is 0.0828 e. The molecule has 78 valence electrons. The largest absolute Gasteiger partial charge is 0.315 e. The summed E-state index contributed by atoms with van der Waals surface area (Å²) in [5.41, 5.74) is 1.21. The minimum Gasteiger partial charge on any atom is -0.315 e. The zero-order chi connectivity index (χ0) is 10.3. The van der Waals surface area contributed by atoms with Crippen molar-refractivity contribution in [1.29, 1.82) is 0 Å². The maximum absolute atomic E-state index is 4.48. The molecular weight excluding hydrogens is 254 g/mol. The monoisotopic (exact) mass is 265 g/mol. The van der Waals surface area contributed by atoms with Gasteiger partial charge >= 0.3 is 0 Å². The molecule has 0 amide bonds. The maximum atomic E-state index is 4.48. The van der Waals surface area contributed by atoms with Crippen LogP contribution in [0, 0.1) is 0 Å². The molecule has 0 aliphatic carbocycles. The molecule has 1 atom stereocenters. The molecule has 1 saturated heterocycles. The highest BCUT2D eigenvalue weighted by Crippen LogP contribution is 2.27. The van der Waals surface area contributed by atoms with Crippen molar-refractivity contribution in [1.82, 2.24) is 15.1 Å².